The summed E-state index contributed by atoms with van der Waals surface area (Å²) >= 11 is 0. The Kier molecular flexibility index (Phi) is 6.22. The zero-order valence-corrected chi connectivity index (χ0v) is 13.7. The maximum absolute atomic E-state index is 11.6. The van der Waals surface area contributed by atoms with E-state index in [1.807, 2.05) is 6.08 Å². The van der Waals surface area contributed by atoms with E-state index >= 15 is 0 Å². The predicted octanol–water partition coefficient (Wildman–Crippen LogP) is 1.16. The minimum Gasteiger partial charge on any atom is -0.475 e. The summed E-state index contributed by atoms with van der Waals surface area (Å²) in [6.45, 7) is 9.90. The van der Waals surface area contributed by atoms with Gasteiger partial charge in [-0.25, -0.2) is 17.5 Å². The van der Waals surface area contributed by atoms with Gasteiger partial charge in [0.05, 0.1) is 5.75 Å². The zero-order valence-electron chi connectivity index (χ0n) is 12.8. The van der Waals surface area contributed by atoms with E-state index in [0.717, 1.165) is 39.1 Å². The van der Waals surface area contributed by atoms with Crippen molar-refractivity contribution in [2.24, 2.45) is 5.41 Å². The number of carboxylic acids is 1. The van der Waals surface area contributed by atoms with Crippen molar-refractivity contribution in [1.29, 1.82) is 0 Å². The molecule has 2 fully saturated rings. The smallest absolute Gasteiger partial charge is 0.475 e. The number of likely N-dealkylation sites (tertiary alicyclic amines) is 1. The number of carboxylic acid groups (broad SMARTS) is 1. The standard InChI is InChI=1S/C11H20N2O2S.C2HF3O2/c1-3-6-12-7-5-11(8-12)9-13(10-11)16(14,15)4-2;3-2(4,5)1(6)7/h3H,1,4-10H2,2H3;(H,6,7). The van der Waals surface area contributed by atoms with Gasteiger partial charge in [0.15, 0.2) is 0 Å². The van der Waals surface area contributed by atoms with E-state index < -0.39 is 22.2 Å². The van der Waals surface area contributed by atoms with Crippen LogP contribution in [0.15, 0.2) is 12.7 Å². The van der Waals surface area contributed by atoms with E-state index in [1.54, 1.807) is 11.2 Å². The molecule has 0 saturated carbocycles. The van der Waals surface area contributed by atoms with E-state index in [2.05, 4.69) is 11.5 Å². The van der Waals surface area contributed by atoms with Crippen molar-refractivity contribution in [2.75, 3.05) is 38.5 Å². The molecule has 134 valence electrons. The Balaban J connectivity index is 0.000000322. The minimum absolute atomic E-state index is 0.222. The monoisotopic (exact) mass is 358 g/mol. The third-order valence-electron chi connectivity index (χ3n) is 3.93. The van der Waals surface area contributed by atoms with Crippen LogP contribution in [-0.2, 0) is 14.8 Å². The van der Waals surface area contributed by atoms with E-state index in [1.165, 1.54) is 0 Å². The summed E-state index contributed by atoms with van der Waals surface area (Å²) in [5.41, 5.74) is 0.241. The summed E-state index contributed by atoms with van der Waals surface area (Å²) in [5.74, 6) is -2.54. The predicted molar refractivity (Wildman–Crippen MR) is 78.4 cm³/mol. The fourth-order valence-corrected chi connectivity index (χ4v) is 4.01. The number of carbonyl (C=O) groups is 1. The average Bonchev–Trinajstić information content (AvgIpc) is 2.81. The summed E-state index contributed by atoms with van der Waals surface area (Å²) in [5, 5.41) is 7.12. The van der Waals surface area contributed by atoms with Crippen LogP contribution in [0, 0.1) is 5.41 Å². The van der Waals surface area contributed by atoms with Crippen LogP contribution < -0.4 is 0 Å². The molecular formula is C13H21F3N2O4S. The molecule has 0 amide bonds. The summed E-state index contributed by atoms with van der Waals surface area (Å²) < 4.78 is 56.6. The first-order valence-electron chi connectivity index (χ1n) is 7.07. The Labute approximate surface area is 133 Å². The molecule has 0 aliphatic carbocycles. The molecule has 1 N–H and O–H groups in total. The van der Waals surface area contributed by atoms with Crippen molar-refractivity contribution in [1.82, 2.24) is 9.21 Å². The number of hydrogen-bond acceptors (Lipinski definition) is 4. The lowest BCUT2D eigenvalue weighted by Crippen LogP contribution is -2.59. The molecule has 0 unspecified atom stereocenters. The number of aliphatic carboxylic acids is 1. The quantitative estimate of drug-likeness (QED) is 0.763. The number of halogens is 3. The lowest BCUT2D eigenvalue weighted by atomic mass is 9.81. The molecule has 2 aliphatic heterocycles. The summed E-state index contributed by atoms with van der Waals surface area (Å²) in [4.78, 5) is 11.2. The van der Waals surface area contributed by atoms with E-state index in [9.17, 15) is 21.6 Å². The van der Waals surface area contributed by atoms with Crippen LogP contribution >= 0.6 is 0 Å². The second-order valence-electron chi connectivity index (χ2n) is 5.75. The molecule has 2 saturated heterocycles. The summed E-state index contributed by atoms with van der Waals surface area (Å²) in [7, 11) is -2.96. The molecule has 2 rings (SSSR count). The van der Waals surface area contributed by atoms with Gasteiger partial charge in [0.1, 0.15) is 0 Å². The number of alkyl halides is 3. The third-order valence-corrected chi connectivity index (χ3v) is 5.70. The molecule has 23 heavy (non-hydrogen) atoms. The van der Waals surface area contributed by atoms with Gasteiger partial charge in [-0.3, -0.25) is 4.90 Å². The SMILES string of the molecule is C=CCN1CCC2(C1)CN(S(=O)(=O)CC)C2.O=C(O)C(F)(F)F. The van der Waals surface area contributed by atoms with Gasteiger partial charge in [-0.1, -0.05) is 6.08 Å². The van der Waals surface area contributed by atoms with Crippen molar-refractivity contribution in [3.05, 3.63) is 12.7 Å². The van der Waals surface area contributed by atoms with Crippen LogP contribution in [-0.4, -0.2) is 73.4 Å². The highest BCUT2D eigenvalue weighted by atomic mass is 32.2. The molecule has 0 aromatic rings. The maximum Gasteiger partial charge on any atom is 0.490 e. The minimum atomic E-state index is -5.08. The van der Waals surface area contributed by atoms with E-state index in [4.69, 9.17) is 9.90 Å². The van der Waals surface area contributed by atoms with Crippen LogP contribution in [0.2, 0.25) is 0 Å². The van der Waals surface area contributed by atoms with Gasteiger partial charge < -0.3 is 5.11 Å². The zero-order chi connectivity index (χ0) is 17.9. The van der Waals surface area contributed by atoms with Gasteiger partial charge in [0.25, 0.3) is 0 Å². The lowest BCUT2D eigenvalue weighted by Gasteiger charge is -2.46. The fraction of sp³-hybridized carbons (Fsp3) is 0.769. The van der Waals surface area contributed by atoms with Crippen molar-refractivity contribution < 1.29 is 31.5 Å². The molecule has 2 aliphatic rings. The first-order valence-corrected chi connectivity index (χ1v) is 8.68. The molecule has 2 heterocycles. The first kappa shape index (κ1) is 19.9. The maximum atomic E-state index is 11.6. The highest BCUT2D eigenvalue weighted by Crippen LogP contribution is 2.40. The second-order valence-corrected chi connectivity index (χ2v) is 8.00. The normalized spacial score (nSPS) is 21.4. The molecule has 0 aromatic heterocycles. The Morgan fingerprint density at radius 2 is 1.87 bits per heavy atom. The van der Waals surface area contributed by atoms with Crippen LogP contribution in [0.3, 0.4) is 0 Å². The van der Waals surface area contributed by atoms with E-state index in [-0.39, 0.29) is 11.2 Å². The van der Waals surface area contributed by atoms with Crippen molar-refractivity contribution in [3.8, 4) is 0 Å². The Bertz CT molecular complexity index is 542. The molecule has 1 spiro atoms. The van der Waals surface area contributed by atoms with Gasteiger partial charge in [-0.05, 0) is 19.9 Å². The third kappa shape index (κ3) is 5.18. The highest BCUT2D eigenvalue weighted by Gasteiger charge is 2.50. The lowest BCUT2D eigenvalue weighted by molar-refractivity contribution is -0.192. The highest BCUT2D eigenvalue weighted by molar-refractivity contribution is 7.89. The Morgan fingerprint density at radius 1 is 1.35 bits per heavy atom. The van der Waals surface area contributed by atoms with Crippen molar-refractivity contribution in [2.45, 2.75) is 19.5 Å². The van der Waals surface area contributed by atoms with Crippen LogP contribution in [0.4, 0.5) is 13.2 Å². The first-order chi connectivity index (χ1) is 10.5. The summed E-state index contributed by atoms with van der Waals surface area (Å²) in [6.07, 6.45) is -2.05. The van der Waals surface area contributed by atoms with Crippen molar-refractivity contribution >= 4 is 16.0 Å². The van der Waals surface area contributed by atoms with Gasteiger partial charge in [-0.2, -0.15) is 13.2 Å². The molecule has 0 atom stereocenters. The molecule has 10 heteroatoms. The number of sulfonamides is 1. The molecule has 6 nitrogen and oxygen atoms in total. The van der Waals surface area contributed by atoms with E-state index in [0.29, 0.717) is 0 Å². The second kappa shape index (κ2) is 7.18. The molecule has 0 aromatic carbocycles. The van der Waals surface area contributed by atoms with Gasteiger partial charge in [0.2, 0.25) is 10.0 Å². The number of rotatable bonds is 4. The number of hydrogen-bond donors (Lipinski definition) is 1. The van der Waals surface area contributed by atoms with Crippen LogP contribution in [0.5, 0.6) is 0 Å². The molecular weight excluding hydrogens is 337 g/mol. The van der Waals surface area contributed by atoms with Gasteiger partial charge in [0, 0.05) is 31.6 Å². The Hall–Kier alpha value is -1.13. The van der Waals surface area contributed by atoms with Crippen LogP contribution in [0.1, 0.15) is 13.3 Å². The van der Waals surface area contributed by atoms with Gasteiger partial charge in [-0.15, -0.1) is 6.58 Å². The number of nitrogens with zero attached hydrogens (tertiary/aromatic N) is 2. The molecule has 0 radical (unpaired) electrons. The van der Waals surface area contributed by atoms with Gasteiger partial charge >= 0.3 is 12.1 Å². The topological polar surface area (TPSA) is 77.9 Å². The van der Waals surface area contributed by atoms with Crippen molar-refractivity contribution in [3.63, 3.8) is 0 Å². The van der Waals surface area contributed by atoms with Crippen LogP contribution in [0.25, 0.3) is 0 Å². The Morgan fingerprint density at radius 3 is 2.26 bits per heavy atom. The molecule has 0 bridgehead atoms. The fourth-order valence-electron chi connectivity index (χ4n) is 2.71. The summed E-state index contributed by atoms with van der Waals surface area (Å²) in [6, 6.07) is 0. The average molecular weight is 358 g/mol. The largest absolute Gasteiger partial charge is 0.490 e.